The van der Waals surface area contributed by atoms with Crippen LogP contribution in [0.4, 0.5) is 5.00 Å². The topological polar surface area (TPSA) is 76.4 Å². The average molecular weight is 346 g/mol. The number of hydrogen-bond donors (Lipinski definition) is 1. The van der Waals surface area contributed by atoms with Crippen molar-refractivity contribution in [3.63, 3.8) is 0 Å². The molecule has 2 fully saturated rings. The molecule has 1 aromatic rings. The van der Waals surface area contributed by atoms with Crippen LogP contribution in [0.25, 0.3) is 0 Å². The predicted molar refractivity (Wildman–Crippen MR) is 92.7 cm³/mol. The number of nitriles is 1. The van der Waals surface area contributed by atoms with Gasteiger partial charge in [-0.2, -0.15) is 5.26 Å². The van der Waals surface area contributed by atoms with Gasteiger partial charge in [-0.3, -0.25) is 14.5 Å². The van der Waals surface area contributed by atoms with Crippen molar-refractivity contribution in [2.45, 2.75) is 44.7 Å². The molecule has 128 valence electrons. The van der Waals surface area contributed by atoms with E-state index in [0.29, 0.717) is 17.1 Å². The fourth-order valence-corrected chi connectivity index (χ4v) is 4.67. The summed E-state index contributed by atoms with van der Waals surface area (Å²) in [6.07, 6.45) is 4.15. The monoisotopic (exact) mass is 346 g/mol. The first-order chi connectivity index (χ1) is 11.6. The Morgan fingerprint density at radius 2 is 2.08 bits per heavy atom. The molecule has 0 aromatic carbocycles. The van der Waals surface area contributed by atoms with Crippen molar-refractivity contribution in [3.05, 3.63) is 17.0 Å². The first-order valence-electron chi connectivity index (χ1n) is 8.39. The third kappa shape index (κ3) is 3.45. The second-order valence-corrected chi connectivity index (χ2v) is 7.34. The highest BCUT2D eigenvalue weighted by molar-refractivity contribution is 7.14. The molecule has 0 aliphatic carbocycles. The Morgan fingerprint density at radius 3 is 2.83 bits per heavy atom. The van der Waals surface area contributed by atoms with Gasteiger partial charge in [-0.25, -0.2) is 0 Å². The smallest absolute Gasteiger partial charge is 0.239 e. The average Bonchev–Trinajstić information content (AvgIpc) is 3.25. The second-order valence-electron chi connectivity index (χ2n) is 6.43. The van der Waals surface area contributed by atoms with E-state index in [-0.39, 0.29) is 23.9 Å². The highest BCUT2D eigenvalue weighted by Crippen LogP contribution is 2.30. The lowest BCUT2D eigenvalue weighted by Crippen LogP contribution is -2.49. The van der Waals surface area contributed by atoms with E-state index in [0.717, 1.165) is 38.8 Å². The number of anilines is 1. The summed E-state index contributed by atoms with van der Waals surface area (Å²) in [5, 5.41) is 14.3. The Morgan fingerprint density at radius 1 is 1.33 bits per heavy atom. The van der Waals surface area contributed by atoms with E-state index in [2.05, 4.69) is 16.3 Å². The third-order valence-corrected chi connectivity index (χ3v) is 5.78. The Hall–Kier alpha value is -1.91. The Bertz CT molecular complexity index is 666. The van der Waals surface area contributed by atoms with Crippen molar-refractivity contribution < 1.29 is 9.59 Å². The van der Waals surface area contributed by atoms with Crippen LogP contribution in [0.3, 0.4) is 0 Å². The van der Waals surface area contributed by atoms with Crippen LogP contribution in [-0.2, 0) is 9.59 Å². The number of rotatable bonds is 4. The number of nitrogens with one attached hydrogen (secondary N) is 1. The van der Waals surface area contributed by atoms with Crippen molar-refractivity contribution in [3.8, 4) is 6.07 Å². The molecule has 7 heteroatoms. The van der Waals surface area contributed by atoms with E-state index >= 15 is 0 Å². The quantitative estimate of drug-likeness (QED) is 0.905. The van der Waals surface area contributed by atoms with Crippen molar-refractivity contribution in [2.24, 2.45) is 0 Å². The van der Waals surface area contributed by atoms with Gasteiger partial charge in [-0.15, -0.1) is 11.3 Å². The highest BCUT2D eigenvalue weighted by Gasteiger charge is 2.39. The zero-order chi connectivity index (χ0) is 17.1. The molecule has 2 unspecified atom stereocenters. The van der Waals surface area contributed by atoms with E-state index < -0.39 is 0 Å². The van der Waals surface area contributed by atoms with E-state index in [1.54, 1.807) is 18.4 Å². The van der Waals surface area contributed by atoms with Gasteiger partial charge in [0.2, 0.25) is 11.8 Å². The summed E-state index contributed by atoms with van der Waals surface area (Å²) >= 11 is 1.36. The van der Waals surface area contributed by atoms with Gasteiger partial charge in [0.15, 0.2) is 0 Å². The zero-order valence-corrected chi connectivity index (χ0v) is 14.6. The Labute approximate surface area is 146 Å². The summed E-state index contributed by atoms with van der Waals surface area (Å²) in [5.74, 6) is 0.0410. The number of thiophene rings is 1. The van der Waals surface area contributed by atoms with E-state index in [4.69, 9.17) is 5.26 Å². The maximum atomic E-state index is 12.4. The summed E-state index contributed by atoms with van der Waals surface area (Å²) < 4.78 is 0. The lowest BCUT2D eigenvalue weighted by atomic mass is 10.0. The molecule has 0 saturated carbocycles. The van der Waals surface area contributed by atoms with Crippen molar-refractivity contribution in [2.75, 3.05) is 25.0 Å². The highest BCUT2D eigenvalue weighted by atomic mass is 32.1. The van der Waals surface area contributed by atoms with Crippen LogP contribution in [0.1, 0.15) is 38.2 Å². The number of carbonyl (C=O) groups is 2. The number of hydrogen-bond acceptors (Lipinski definition) is 5. The Balaban J connectivity index is 1.63. The normalized spacial score (nSPS) is 24.1. The molecule has 1 aromatic heterocycles. The molecule has 2 amide bonds. The second kappa shape index (κ2) is 7.32. The van der Waals surface area contributed by atoms with Crippen LogP contribution in [-0.4, -0.2) is 53.3 Å². The summed E-state index contributed by atoms with van der Waals surface area (Å²) in [6.45, 7) is 3.66. The molecular weight excluding hydrogens is 324 g/mol. The fourth-order valence-electron chi connectivity index (χ4n) is 3.91. The molecule has 2 saturated heterocycles. The van der Waals surface area contributed by atoms with Crippen LogP contribution < -0.4 is 5.32 Å². The van der Waals surface area contributed by atoms with Crippen LogP contribution in [0.2, 0.25) is 0 Å². The fraction of sp³-hybridized carbons (Fsp3) is 0.588. The molecule has 0 spiro atoms. The van der Waals surface area contributed by atoms with Gasteiger partial charge in [0.25, 0.3) is 0 Å². The van der Waals surface area contributed by atoms with Crippen LogP contribution >= 0.6 is 11.3 Å². The summed E-state index contributed by atoms with van der Waals surface area (Å²) in [6, 6.07) is 4.29. The summed E-state index contributed by atoms with van der Waals surface area (Å²) in [7, 11) is 0. The molecule has 1 N–H and O–H groups in total. The first kappa shape index (κ1) is 16.9. The molecule has 2 aliphatic heterocycles. The molecule has 2 aliphatic rings. The number of nitrogens with zero attached hydrogens (tertiary/aromatic N) is 3. The molecule has 0 bridgehead atoms. The minimum Gasteiger partial charge on any atom is -0.338 e. The van der Waals surface area contributed by atoms with Gasteiger partial charge in [0.1, 0.15) is 11.1 Å². The van der Waals surface area contributed by atoms with Gasteiger partial charge in [0, 0.05) is 25.6 Å². The van der Waals surface area contributed by atoms with Crippen molar-refractivity contribution in [1.29, 1.82) is 5.26 Å². The standard InChI is InChI=1S/C17H22N4O2S/c1-12(22)21-8-3-5-15(21)14-4-2-7-20(14)11-16(23)19-17-13(10-18)6-9-24-17/h6,9,14-15H,2-5,7-8,11H2,1H3,(H,19,23). The number of carbonyl (C=O) groups excluding carboxylic acids is 2. The lowest BCUT2D eigenvalue weighted by molar-refractivity contribution is -0.130. The van der Waals surface area contributed by atoms with Crippen molar-refractivity contribution >= 4 is 28.2 Å². The van der Waals surface area contributed by atoms with Gasteiger partial charge in [0.05, 0.1) is 12.1 Å². The Kier molecular flexibility index (Phi) is 5.17. The molecule has 2 atom stereocenters. The molecule has 0 radical (unpaired) electrons. The lowest BCUT2D eigenvalue weighted by Gasteiger charge is -2.34. The first-order valence-corrected chi connectivity index (χ1v) is 9.27. The molecule has 3 heterocycles. The maximum Gasteiger partial charge on any atom is 0.239 e. The van der Waals surface area contributed by atoms with Crippen molar-refractivity contribution in [1.82, 2.24) is 9.80 Å². The van der Waals surface area contributed by atoms with Crippen LogP contribution in [0.5, 0.6) is 0 Å². The van der Waals surface area contributed by atoms with Gasteiger partial charge in [-0.1, -0.05) is 0 Å². The number of likely N-dealkylation sites (tertiary alicyclic amines) is 2. The van der Waals surface area contributed by atoms with Crippen LogP contribution in [0.15, 0.2) is 11.4 Å². The van der Waals surface area contributed by atoms with Gasteiger partial charge in [-0.05, 0) is 43.7 Å². The van der Waals surface area contributed by atoms with Crippen LogP contribution in [0, 0.1) is 11.3 Å². The minimum absolute atomic E-state index is 0.0896. The zero-order valence-electron chi connectivity index (χ0n) is 13.8. The minimum atomic E-state index is -0.0896. The van der Waals surface area contributed by atoms with E-state index in [1.807, 2.05) is 4.90 Å². The molecule has 6 nitrogen and oxygen atoms in total. The van der Waals surface area contributed by atoms with E-state index in [9.17, 15) is 9.59 Å². The van der Waals surface area contributed by atoms with E-state index in [1.165, 1.54) is 11.3 Å². The summed E-state index contributed by atoms with van der Waals surface area (Å²) in [5.41, 5.74) is 0.505. The number of amides is 2. The predicted octanol–water partition coefficient (Wildman–Crippen LogP) is 2.03. The largest absolute Gasteiger partial charge is 0.338 e. The SMILES string of the molecule is CC(=O)N1CCCC1C1CCCN1CC(=O)Nc1sccc1C#N. The molecular formula is C17H22N4O2S. The van der Waals surface area contributed by atoms with Gasteiger partial charge < -0.3 is 10.2 Å². The van der Waals surface area contributed by atoms with Gasteiger partial charge >= 0.3 is 0 Å². The summed E-state index contributed by atoms with van der Waals surface area (Å²) in [4.78, 5) is 28.4. The molecule has 3 rings (SSSR count). The molecule has 24 heavy (non-hydrogen) atoms. The third-order valence-electron chi connectivity index (χ3n) is 4.95. The maximum absolute atomic E-state index is 12.4.